The van der Waals surface area contributed by atoms with Gasteiger partial charge in [-0.2, -0.15) is 0 Å². The molecule has 0 atom stereocenters. The maximum atomic E-state index is 9.75. The Kier molecular flexibility index (Phi) is 0.855. The molecule has 1 aliphatic heterocycles. The summed E-state index contributed by atoms with van der Waals surface area (Å²) in [7, 11) is 0. The predicted octanol–water partition coefficient (Wildman–Crippen LogP) is 0.837. The maximum Gasteiger partial charge on any atom is 0.204 e. The Morgan fingerprint density at radius 3 is 2.71 bits per heavy atom. The molecule has 38 valence electrons. The Morgan fingerprint density at radius 1 is 1.86 bits per heavy atom. The minimum absolute atomic E-state index is 0.530. The van der Waals surface area contributed by atoms with E-state index in [1.54, 1.807) is 0 Å². The van der Waals surface area contributed by atoms with Gasteiger partial charge >= 0.3 is 0 Å². The van der Waals surface area contributed by atoms with Crippen LogP contribution < -0.4 is 0 Å². The van der Waals surface area contributed by atoms with Crippen LogP contribution in [0.15, 0.2) is 11.5 Å². The van der Waals surface area contributed by atoms with Gasteiger partial charge in [-0.25, -0.2) is 0 Å². The first-order valence-electron chi connectivity index (χ1n) is 2.24. The largest absolute Gasteiger partial charge is 0.451 e. The second kappa shape index (κ2) is 1.37. The van der Waals surface area contributed by atoms with Crippen molar-refractivity contribution in [2.24, 2.45) is 0 Å². The van der Waals surface area contributed by atoms with Gasteiger partial charge in [-0.05, 0) is 0 Å². The highest BCUT2D eigenvalue weighted by atomic mass is 16.6. The van der Waals surface area contributed by atoms with Crippen LogP contribution in [-0.4, -0.2) is 6.29 Å². The Morgan fingerprint density at radius 2 is 2.57 bits per heavy atom. The summed E-state index contributed by atoms with van der Waals surface area (Å²) in [6, 6.07) is 0. The average molecular weight is 98.1 g/mol. The third kappa shape index (κ3) is 0.633. The predicted molar refractivity (Wildman–Crippen MR) is 24.5 cm³/mol. The first-order chi connectivity index (χ1) is 3.38. The number of hydrogen-bond donors (Lipinski definition) is 0. The molecule has 0 N–H and O–H groups in total. The normalized spacial score (nSPS) is 16.1. The van der Waals surface area contributed by atoms with Gasteiger partial charge in [0.1, 0.15) is 0 Å². The zero-order valence-electron chi connectivity index (χ0n) is 4.10. The first-order valence-corrected chi connectivity index (χ1v) is 2.24. The topological polar surface area (TPSA) is 29.6 Å². The lowest BCUT2D eigenvalue weighted by Crippen LogP contribution is -1.57. The number of carbonyl (C=O) groups excluding carboxylic acids is 1. The van der Waals surface area contributed by atoms with Crippen LogP contribution in [0.5, 0.6) is 0 Å². The Labute approximate surface area is 41.8 Å². The minimum atomic E-state index is 0.530. The van der Waals surface area contributed by atoms with Gasteiger partial charge in [-0.15, -0.1) is 0 Å². The summed E-state index contributed by atoms with van der Waals surface area (Å²) in [5.74, 6) is 1.37. The molecule has 7 heavy (non-hydrogen) atoms. The molecule has 1 aliphatic rings. The van der Waals surface area contributed by atoms with Crippen LogP contribution in [0.2, 0.25) is 0 Å². The van der Waals surface area contributed by atoms with Crippen molar-refractivity contribution in [1.29, 1.82) is 0 Å². The molecule has 0 unspecified atom stereocenters. The van der Waals surface area contributed by atoms with Crippen LogP contribution >= 0.6 is 0 Å². The third-order valence-corrected chi connectivity index (χ3v) is 0.894. The van der Waals surface area contributed by atoms with E-state index in [0.717, 1.165) is 18.5 Å². The SMILES string of the molecule is CCC1=C(C=O)O1. The van der Waals surface area contributed by atoms with E-state index in [0.29, 0.717) is 5.76 Å². The zero-order chi connectivity index (χ0) is 5.28. The van der Waals surface area contributed by atoms with E-state index in [9.17, 15) is 4.79 Å². The van der Waals surface area contributed by atoms with E-state index in [1.807, 2.05) is 6.92 Å². The van der Waals surface area contributed by atoms with Crippen molar-refractivity contribution >= 4 is 6.29 Å². The van der Waals surface area contributed by atoms with E-state index >= 15 is 0 Å². The molecule has 1 rings (SSSR count). The highest BCUT2D eigenvalue weighted by molar-refractivity contribution is 5.75. The number of aldehydes is 1. The summed E-state index contributed by atoms with van der Waals surface area (Å²) in [5, 5.41) is 0. The molecule has 0 aliphatic carbocycles. The Hall–Kier alpha value is -0.790. The van der Waals surface area contributed by atoms with Crippen molar-refractivity contribution in [3.63, 3.8) is 0 Å². The monoisotopic (exact) mass is 98.0 g/mol. The van der Waals surface area contributed by atoms with Gasteiger partial charge in [0, 0.05) is 6.42 Å². The second-order valence-electron chi connectivity index (χ2n) is 1.36. The molecule has 0 fully saturated rings. The second-order valence-corrected chi connectivity index (χ2v) is 1.36. The maximum absolute atomic E-state index is 9.75. The Bertz CT molecular complexity index is 124. The average Bonchev–Trinajstić information content (AvgIpc) is 2.43. The van der Waals surface area contributed by atoms with E-state index in [4.69, 9.17) is 0 Å². The number of hydrogen-bond acceptors (Lipinski definition) is 2. The van der Waals surface area contributed by atoms with Crippen molar-refractivity contribution in [2.75, 3.05) is 0 Å². The number of allylic oxidation sites excluding steroid dienone is 2. The summed E-state index contributed by atoms with van der Waals surface area (Å²) >= 11 is 0. The molecule has 0 bridgehead atoms. The van der Waals surface area contributed by atoms with Crippen molar-refractivity contribution in [3.8, 4) is 0 Å². The molecule has 0 aromatic rings. The van der Waals surface area contributed by atoms with Gasteiger partial charge in [-0.3, -0.25) is 4.79 Å². The fraction of sp³-hybridized carbons (Fsp3) is 0.400. The van der Waals surface area contributed by atoms with Crippen molar-refractivity contribution in [1.82, 2.24) is 0 Å². The molecular formula is C5H6O2. The summed E-state index contributed by atoms with van der Waals surface area (Å²) in [5.41, 5.74) is 0. The summed E-state index contributed by atoms with van der Waals surface area (Å²) < 4.78 is 4.68. The molecule has 2 nitrogen and oxygen atoms in total. The van der Waals surface area contributed by atoms with Crippen LogP contribution in [0, 0.1) is 0 Å². The van der Waals surface area contributed by atoms with Crippen LogP contribution in [0.1, 0.15) is 13.3 Å². The molecule has 0 aromatic heterocycles. The quantitative estimate of drug-likeness (QED) is 0.479. The summed E-state index contributed by atoms with van der Waals surface area (Å²) in [4.78, 5) is 9.75. The van der Waals surface area contributed by atoms with Gasteiger partial charge in [-0.1, -0.05) is 6.92 Å². The van der Waals surface area contributed by atoms with Gasteiger partial charge in [0.15, 0.2) is 12.0 Å². The highest BCUT2D eigenvalue weighted by Crippen LogP contribution is 2.25. The molecule has 0 spiro atoms. The molecule has 0 saturated carbocycles. The molecule has 1 heterocycles. The smallest absolute Gasteiger partial charge is 0.204 e. The number of rotatable bonds is 2. The molecular weight excluding hydrogens is 92.1 g/mol. The minimum Gasteiger partial charge on any atom is -0.451 e. The lowest BCUT2D eigenvalue weighted by atomic mass is 10.4. The number of ether oxygens (including phenoxy) is 1. The Balaban J connectivity index is 2.46. The van der Waals surface area contributed by atoms with Crippen molar-refractivity contribution in [2.45, 2.75) is 13.3 Å². The lowest BCUT2D eigenvalue weighted by Gasteiger charge is -1.66. The van der Waals surface area contributed by atoms with Crippen LogP contribution in [-0.2, 0) is 9.53 Å². The van der Waals surface area contributed by atoms with E-state index in [2.05, 4.69) is 4.74 Å². The molecule has 0 amide bonds. The van der Waals surface area contributed by atoms with E-state index in [-0.39, 0.29) is 0 Å². The molecule has 0 aromatic carbocycles. The third-order valence-electron chi connectivity index (χ3n) is 0.894. The van der Waals surface area contributed by atoms with Gasteiger partial charge in [0.05, 0.1) is 0 Å². The fourth-order valence-electron chi connectivity index (χ4n) is 0.443. The van der Waals surface area contributed by atoms with E-state index < -0.39 is 0 Å². The van der Waals surface area contributed by atoms with Gasteiger partial charge in [0.2, 0.25) is 5.76 Å². The van der Waals surface area contributed by atoms with Crippen molar-refractivity contribution < 1.29 is 9.53 Å². The van der Waals surface area contributed by atoms with E-state index in [1.165, 1.54) is 0 Å². The summed E-state index contributed by atoms with van der Waals surface area (Å²) in [6.07, 6.45) is 1.58. The van der Waals surface area contributed by atoms with Crippen LogP contribution in [0.25, 0.3) is 0 Å². The molecule has 2 heteroatoms. The zero-order valence-corrected chi connectivity index (χ0v) is 4.10. The number of carbonyl (C=O) groups is 1. The van der Waals surface area contributed by atoms with Gasteiger partial charge in [0.25, 0.3) is 0 Å². The fourth-order valence-corrected chi connectivity index (χ4v) is 0.443. The molecule has 0 saturated heterocycles. The van der Waals surface area contributed by atoms with Crippen LogP contribution in [0.4, 0.5) is 0 Å². The standard InChI is InChI=1S/C5H6O2/c1-2-4-5(3-6)7-4/h3H,2H2,1H3. The van der Waals surface area contributed by atoms with Gasteiger partial charge < -0.3 is 4.74 Å². The summed E-state index contributed by atoms with van der Waals surface area (Å²) in [6.45, 7) is 1.95. The van der Waals surface area contributed by atoms with Crippen molar-refractivity contribution in [3.05, 3.63) is 11.5 Å². The molecule has 0 radical (unpaired) electrons. The highest BCUT2D eigenvalue weighted by Gasteiger charge is 2.20. The first kappa shape index (κ1) is 4.37. The van der Waals surface area contributed by atoms with Crippen LogP contribution in [0.3, 0.4) is 0 Å². The lowest BCUT2D eigenvalue weighted by molar-refractivity contribution is -0.105.